The minimum Gasteiger partial charge on any atom is -0.312 e. The van der Waals surface area contributed by atoms with Gasteiger partial charge in [-0.25, -0.2) is 0 Å². The van der Waals surface area contributed by atoms with E-state index in [0.717, 1.165) is 5.92 Å². The van der Waals surface area contributed by atoms with Gasteiger partial charge in [0.2, 0.25) is 0 Å². The molecule has 1 saturated heterocycles. The number of hydrogen-bond donors (Lipinski definition) is 1. The van der Waals surface area contributed by atoms with Gasteiger partial charge in [-0.05, 0) is 39.4 Å². The minimum absolute atomic E-state index is 0.686. The number of rotatable bonds is 6. The summed E-state index contributed by atoms with van der Waals surface area (Å²) in [7, 11) is 4.59. The van der Waals surface area contributed by atoms with Gasteiger partial charge in [-0.3, -0.25) is 4.90 Å². The van der Waals surface area contributed by atoms with E-state index in [1.165, 1.54) is 71.1 Å². The predicted octanol–water partition coefficient (Wildman–Crippen LogP) is 2.57. The fraction of sp³-hybridized carbons (Fsp3) is 1.00. The Labute approximate surface area is 126 Å². The zero-order chi connectivity index (χ0) is 14.4. The Kier molecular flexibility index (Phi) is 6.79. The van der Waals surface area contributed by atoms with Crippen LogP contribution >= 0.6 is 0 Å². The second-order valence-electron chi connectivity index (χ2n) is 7.11. The van der Waals surface area contributed by atoms with Crippen LogP contribution in [0.1, 0.15) is 51.9 Å². The Balaban J connectivity index is 1.93. The van der Waals surface area contributed by atoms with Crippen molar-refractivity contribution < 1.29 is 0 Å². The summed E-state index contributed by atoms with van der Waals surface area (Å²) in [4.78, 5) is 5.10. The maximum atomic E-state index is 3.87. The molecule has 1 N–H and O–H groups in total. The molecule has 0 radical (unpaired) electrons. The van der Waals surface area contributed by atoms with Crippen LogP contribution < -0.4 is 5.32 Å². The Morgan fingerprint density at radius 2 is 1.85 bits per heavy atom. The summed E-state index contributed by atoms with van der Waals surface area (Å²) in [5.74, 6) is 0.971. The highest BCUT2D eigenvalue weighted by Crippen LogP contribution is 2.29. The maximum Gasteiger partial charge on any atom is 0.0374 e. The molecule has 2 fully saturated rings. The van der Waals surface area contributed by atoms with E-state index in [-0.39, 0.29) is 0 Å². The van der Waals surface area contributed by atoms with Crippen LogP contribution in [0.2, 0.25) is 0 Å². The van der Waals surface area contributed by atoms with E-state index in [0.29, 0.717) is 12.1 Å². The van der Waals surface area contributed by atoms with Gasteiger partial charge in [0.25, 0.3) is 0 Å². The van der Waals surface area contributed by atoms with E-state index in [1.54, 1.807) is 0 Å². The third kappa shape index (κ3) is 4.71. The standard InChI is InChI=1S/C17H35N3/c1-4-10-18-16(13-15-8-6-5-7-9-15)17-14-19(2)11-12-20(17)3/h15-18H,4-14H2,1-3H3. The molecule has 2 rings (SSSR count). The van der Waals surface area contributed by atoms with Crippen molar-refractivity contribution in [2.75, 3.05) is 40.3 Å². The quantitative estimate of drug-likeness (QED) is 0.807. The lowest BCUT2D eigenvalue weighted by Gasteiger charge is -2.43. The molecular weight excluding hydrogens is 246 g/mol. The van der Waals surface area contributed by atoms with E-state index >= 15 is 0 Å². The van der Waals surface area contributed by atoms with Crippen molar-refractivity contribution in [3.8, 4) is 0 Å². The zero-order valence-electron chi connectivity index (χ0n) is 13.9. The summed E-state index contributed by atoms with van der Waals surface area (Å²) in [6.07, 6.45) is 9.97. The van der Waals surface area contributed by atoms with Crippen molar-refractivity contribution in [1.29, 1.82) is 0 Å². The first-order chi connectivity index (χ1) is 9.70. The summed E-state index contributed by atoms with van der Waals surface area (Å²) in [6, 6.07) is 1.38. The van der Waals surface area contributed by atoms with Crippen molar-refractivity contribution in [3.63, 3.8) is 0 Å². The number of likely N-dealkylation sites (N-methyl/N-ethyl adjacent to an activating group) is 2. The topological polar surface area (TPSA) is 18.5 Å². The molecule has 3 nitrogen and oxygen atoms in total. The molecule has 118 valence electrons. The van der Waals surface area contributed by atoms with Crippen molar-refractivity contribution in [2.45, 2.75) is 64.0 Å². The average molecular weight is 281 g/mol. The van der Waals surface area contributed by atoms with Crippen LogP contribution in [-0.2, 0) is 0 Å². The van der Waals surface area contributed by atoms with E-state index in [4.69, 9.17) is 0 Å². The molecule has 0 amide bonds. The molecule has 20 heavy (non-hydrogen) atoms. The molecule has 0 aromatic rings. The molecule has 0 spiro atoms. The normalized spacial score (nSPS) is 28.6. The van der Waals surface area contributed by atoms with Gasteiger partial charge in [0.05, 0.1) is 0 Å². The molecule has 0 aromatic carbocycles. The molecule has 1 aliphatic carbocycles. The van der Waals surface area contributed by atoms with Crippen molar-refractivity contribution in [1.82, 2.24) is 15.1 Å². The zero-order valence-corrected chi connectivity index (χ0v) is 13.9. The molecule has 2 atom stereocenters. The van der Waals surface area contributed by atoms with Gasteiger partial charge in [-0.2, -0.15) is 0 Å². The van der Waals surface area contributed by atoms with E-state index in [1.807, 2.05) is 0 Å². The van der Waals surface area contributed by atoms with Gasteiger partial charge in [0.1, 0.15) is 0 Å². The highest BCUT2D eigenvalue weighted by molar-refractivity contribution is 4.90. The molecule has 0 aromatic heterocycles. The summed E-state index contributed by atoms with van der Waals surface area (Å²) in [5, 5.41) is 3.87. The lowest BCUT2D eigenvalue weighted by molar-refractivity contribution is 0.0777. The first-order valence-electron chi connectivity index (χ1n) is 8.83. The monoisotopic (exact) mass is 281 g/mol. The third-order valence-corrected chi connectivity index (χ3v) is 5.33. The van der Waals surface area contributed by atoms with Crippen molar-refractivity contribution in [3.05, 3.63) is 0 Å². The predicted molar refractivity (Wildman–Crippen MR) is 87.2 cm³/mol. The molecular formula is C17H35N3. The number of hydrogen-bond acceptors (Lipinski definition) is 3. The molecule has 1 heterocycles. The van der Waals surface area contributed by atoms with Crippen LogP contribution in [0, 0.1) is 5.92 Å². The third-order valence-electron chi connectivity index (χ3n) is 5.33. The number of nitrogens with one attached hydrogen (secondary N) is 1. The van der Waals surface area contributed by atoms with Crippen LogP contribution in [0.3, 0.4) is 0 Å². The average Bonchev–Trinajstić information content (AvgIpc) is 2.47. The highest BCUT2D eigenvalue weighted by atomic mass is 15.3. The van der Waals surface area contributed by atoms with Gasteiger partial charge < -0.3 is 10.2 Å². The van der Waals surface area contributed by atoms with Gasteiger partial charge in [-0.1, -0.05) is 39.0 Å². The molecule has 1 saturated carbocycles. The Bertz CT molecular complexity index is 263. The largest absolute Gasteiger partial charge is 0.312 e. The van der Waals surface area contributed by atoms with Gasteiger partial charge in [-0.15, -0.1) is 0 Å². The van der Waals surface area contributed by atoms with Crippen LogP contribution in [0.5, 0.6) is 0 Å². The second-order valence-corrected chi connectivity index (χ2v) is 7.11. The smallest absolute Gasteiger partial charge is 0.0374 e. The highest BCUT2D eigenvalue weighted by Gasteiger charge is 2.31. The summed E-state index contributed by atoms with van der Waals surface area (Å²) >= 11 is 0. The van der Waals surface area contributed by atoms with Gasteiger partial charge >= 0.3 is 0 Å². The van der Waals surface area contributed by atoms with Crippen molar-refractivity contribution >= 4 is 0 Å². The lowest BCUT2D eigenvalue weighted by atomic mass is 9.82. The van der Waals surface area contributed by atoms with Crippen LogP contribution in [-0.4, -0.2) is 62.2 Å². The first kappa shape index (κ1) is 16.3. The molecule has 2 unspecified atom stereocenters. The van der Waals surface area contributed by atoms with Crippen LogP contribution in [0.4, 0.5) is 0 Å². The number of piperazine rings is 1. The van der Waals surface area contributed by atoms with Crippen LogP contribution in [0.15, 0.2) is 0 Å². The SMILES string of the molecule is CCCNC(CC1CCCCC1)C1CN(C)CCN1C. The number of nitrogens with zero attached hydrogens (tertiary/aromatic N) is 2. The van der Waals surface area contributed by atoms with Crippen LogP contribution in [0.25, 0.3) is 0 Å². The molecule has 3 heteroatoms. The Morgan fingerprint density at radius 3 is 2.55 bits per heavy atom. The van der Waals surface area contributed by atoms with E-state index in [2.05, 4.69) is 36.1 Å². The maximum absolute atomic E-state index is 3.87. The molecule has 0 bridgehead atoms. The van der Waals surface area contributed by atoms with E-state index in [9.17, 15) is 0 Å². The van der Waals surface area contributed by atoms with Gasteiger partial charge in [0.15, 0.2) is 0 Å². The second kappa shape index (κ2) is 8.35. The van der Waals surface area contributed by atoms with Gasteiger partial charge in [0, 0.05) is 31.7 Å². The Morgan fingerprint density at radius 1 is 1.10 bits per heavy atom. The van der Waals surface area contributed by atoms with Crippen molar-refractivity contribution in [2.24, 2.45) is 5.92 Å². The minimum atomic E-state index is 0.686. The molecule has 1 aliphatic heterocycles. The van der Waals surface area contributed by atoms with E-state index < -0.39 is 0 Å². The molecule has 2 aliphatic rings. The summed E-state index contributed by atoms with van der Waals surface area (Å²) in [5.41, 5.74) is 0. The summed E-state index contributed by atoms with van der Waals surface area (Å²) in [6.45, 7) is 7.12. The summed E-state index contributed by atoms with van der Waals surface area (Å²) < 4.78 is 0. The fourth-order valence-electron chi connectivity index (χ4n) is 3.97. The fourth-order valence-corrected chi connectivity index (χ4v) is 3.97. The Hall–Kier alpha value is -0.120. The first-order valence-corrected chi connectivity index (χ1v) is 8.83. The lowest BCUT2D eigenvalue weighted by Crippen LogP contribution is -2.59.